The van der Waals surface area contributed by atoms with Crippen LogP contribution in [0, 0.1) is 6.92 Å². The molecule has 2 aromatic rings. The first-order valence-electron chi connectivity index (χ1n) is 3.99. The van der Waals surface area contributed by atoms with Gasteiger partial charge in [-0.05, 0) is 6.92 Å². The first kappa shape index (κ1) is 9.12. The molecule has 5 N–H and O–H groups in total. The van der Waals surface area contributed by atoms with Gasteiger partial charge in [0, 0.05) is 0 Å². The summed E-state index contributed by atoms with van der Waals surface area (Å²) in [4.78, 5) is 19.0. The number of fused-ring (bicyclic) bond motifs is 1. The monoisotopic (exact) mass is 208 g/mol. The topological polar surface area (TPSA) is 140 Å². The van der Waals surface area contributed by atoms with E-state index in [0.717, 1.165) is 4.52 Å². The minimum absolute atomic E-state index is 0.104. The lowest BCUT2D eigenvalue weighted by molar-refractivity contribution is 0.823. The number of nitrogens with zero attached hydrogens (tertiary/aromatic N) is 5. The zero-order chi connectivity index (χ0) is 11.0. The van der Waals surface area contributed by atoms with E-state index in [1.54, 1.807) is 6.92 Å². The van der Waals surface area contributed by atoms with Crippen molar-refractivity contribution in [3.63, 3.8) is 0 Å². The van der Waals surface area contributed by atoms with Gasteiger partial charge in [-0.15, -0.1) is 10.2 Å². The van der Waals surface area contributed by atoms with Crippen LogP contribution in [0.1, 0.15) is 5.69 Å². The molecule has 0 aliphatic carbocycles. The van der Waals surface area contributed by atoms with Gasteiger partial charge in [0.15, 0.2) is 5.96 Å². The fraction of sp³-hybridized carbons (Fsp3) is 0.167. The Hall–Kier alpha value is -2.45. The predicted molar refractivity (Wildman–Crippen MR) is 51.6 cm³/mol. The first-order chi connectivity index (χ1) is 7.08. The largest absolute Gasteiger partial charge is 0.370 e. The van der Waals surface area contributed by atoms with Crippen molar-refractivity contribution in [2.24, 2.45) is 16.5 Å². The first-order valence-corrected chi connectivity index (χ1v) is 3.99. The summed E-state index contributed by atoms with van der Waals surface area (Å²) in [5, 5.41) is 9.89. The number of aryl methyl sites for hydroxylation is 1. The van der Waals surface area contributed by atoms with E-state index >= 15 is 0 Å². The molecule has 2 heterocycles. The van der Waals surface area contributed by atoms with Crippen LogP contribution in [0.5, 0.6) is 0 Å². The second-order valence-corrected chi connectivity index (χ2v) is 2.81. The third kappa shape index (κ3) is 1.49. The van der Waals surface area contributed by atoms with Crippen LogP contribution in [0.4, 0.5) is 5.95 Å². The van der Waals surface area contributed by atoms with Crippen LogP contribution in [0.15, 0.2) is 9.79 Å². The molecule has 0 aromatic carbocycles. The molecular formula is C6H8N8O. The second-order valence-electron chi connectivity index (χ2n) is 2.81. The standard InChI is InChI=1S/C6H8N8O/c1-2-3(15)14-6(12-11-2)10-5(13-14)9-4(7)8/h1H3,(H5,7,8,9,10,12,13). The Kier molecular flexibility index (Phi) is 1.85. The van der Waals surface area contributed by atoms with Gasteiger partial charge in [-0.3, -0.25) is 9.89 Å². The third-order valence-corrected chi connectivity index (χ3v) is 1.65. The zero-order valence-electron chi connectivity index (χ0n) is 7.80. The summed E-state index contributed by atoms with van der Waals surface area (Å²) < 4.78 is 1.12. The Morgan fingerprint density at radius 2 is 2.20 bits per heavy atom. The van der Waals surface area contributed by atoms with Crippen LogP contribution in [-0.4, -0.2) is 30.8 Å². The lowest BCUT2D eigenvalue weighted by Gasteiger charge is -1.89. The van der Waals surface area contributed by atoms with Crippen molar-refractivity contribution in [3.05, 3.63) is 16.0 Å². The number of guanidine groups is 1. The van der Waals surface area contributed by atoms with Crippen molar-refractivity contribution in [3.8, 4) is 0 Å². The molecule has 9 nitrogen and oxygen atoms in total. The molecule has 0 unspecified atom stereocenters. The molecule has 0 radical (unpaired) electrons. The van der Waals surface area contributed by atoms with Gasteiger partial charge in [0.25, 0.3) is 11.3 Å². The van der Waals surface area contributed by atoms with E-state index in [0.29, 0.717) is 0 Å². The Morgan fingerprint density at radius 3 is 2.87 bits per heavy atom. The second kappa shape index (κ2) is 3.04. The molecule has 78 valence electrons. The van der Waals surface area contributed by atoms with Gasteiger partial charge in [-0.1, -0.05) is 0 Å². The maximum atomic E-state index is 11.5. The average Bonchev–Trinajstić information content (AvgIpc) is 2.54. The summed E-state index contributed by atoms with van der Waals surface area (Å²) >= 11 is 0. The fourth-order valence-corrected chi connectivity index (χ4v) is 1.02. The van der Waals surface area contributed by atoms with Crippen molar-refractivity contribution in [2.75, 3.05) is 0 Å². The van der Waals surface area contributed by atoms with E-state index in [2.05, 4.69) is 25.3 Å². The number of aromatic amines is 1. The van der Waals surface area contributed by atoms with E-state index in [9.17, 15) is 4.79 Å². The summed E-state index contributed by atoms with van der Waals surface area (Å²) in [6.45, 7) is 1.54. The number of aromatic nitrogens is 5. The molecule has 15 heavy (non-hydrogen) atoms. The highest BCUT2D eigenvalue weighted by molar-refractivity contribution is 5.77. The van der Waals surface area contributed by atoms with Gasteiger partial charge in [0.2, 0.25) is 5.95 Å². The molecule has 9 heteroatoms. The summed E-state index contributed by atoms with van der Waals surface area (Å²) in [5.41, 5.74) is 10.2. The molecule has 0 atom stereocenters. The number of hydrogen-bond donors (Lipinski definition) is 3. The van der Waals surface area contributed by atoms with Crippen LogP contribution < -0.4 is 17.0 Å². The molecule has 2 aromatic heterocycles. The predicted octanol–water partition coefficient (Wildman–Crippen LogP) is -1.97. The molecule has 2 rings (SSSR count). The minimum Gasteiger partial charge on any atom is -0.370 e. The Balaban J connectivity index is 2.72. The number of nitrogens with two attached hydrogens (primary N) is 2. The van der Waals surface area contributed by atoms with E-state index in [1.807, 2.05) is 0 Å². The van der Waals surface area contributed by atoms with Gasteiger partial charge in [0.05, 0.1) is 0 Å². The van der Waals surface area contributed by atoms with Crippen molar-refractivity contribution >= 4 is 17.7 Å². The molecule has 0 aliphatic heterocycles. The molecule has 0 spiro atoms. The summed E-state index contributed by atoms with van der Waals surface area (Å²) in [6, 6.07) is 0. The smallest absolute Gasteiger partial charge is 0.295 e. The number of rotatable bonds is 1. The quantitative estimate of drug-likeness (QED) is 0.366. The van der Waals surface area contributed by atoms with Crippen LogP contribution in [0.2, 0.25) is 0 Å². The van der Waals surface area contributed by atoms with Crippen LogP contribution in [-0.2, 0) is 0 Å². The number of nitrogens with one attached hydrogen (secondary N) is 1. The maximum Gasteiger partial charge on any atom is 0.295 e. The summed E-state index contributed by atoms with van der Waals surface area (Å²) in [7, 11) is 0. The number of H-pyrrole nitrogens is 1. The summed E-state index contributed by atoms with van der Waals surface area (Å²) in [5.74, 6) is 0.0596. The van der Waals surface area contributed by atoms with E-state index < -0.39 is 0 Å². The van der Waals surface area contributed by atoms with Gasteiger partial charge >= 0.3 is 0 Å². The van der Waals surface area contributed by atoms with Crippen LogP contribution >= 0.6 is 0 Å². The summed E-state index contributed by atoms with van der Waals surface area (Å²) in [6.07, 6.45) is 0. The molecule has 0 bridgehead atoms. The Labute approximate surface area is 82.8 Å². The highest BCUT2D eigenvalue weighted by Crippen LogP contribution is 2.02. The van der Waals surface area contributed by atoms with Gasteiger partial charge < -0.3 is 11.5 Å². The molecule has 0 amide bonds. The Bertz CT molecular complexity index is 589. The van der Waals surface area contributed by atoms with Gasteiger partial charge in [0.1, 0.15) is 5.69 Å². The van der Waals surface area contributed by atoms with Gasteiger partial charge in [-0.2, -0.15) is 14.5 Å². The average molecular weight is 208 g/mol. The van der Waals surface area contributed by atoms with Crippen molar-refractivity contribution in [1.82, 2.24) is 24.8 Å². The minimum atomic E-state index is -0.343. The normalized spacial score (nSPS) is 10.5. The Morgan fingerprint density at radius 1 is 1.47 bits per heavy atom. The lowest BCUT2D eigenvalue weighted by atomic mass is 10.5. The van der Waals surface area contributed by atoms with Crippen molar-refractivity contribution in [2.45, 2.75) is 6.92 Å². The number of aliphatic imine (C=N–C) groups is 1. The molecule has 0 saturated carbocycles. The van der Waals surface area contributed by atoms with Crippen molar-refractivity contribution < 1.29 is 0 Å². The van der Waals surface area contributed by atoms with Crippen molar-refractivity contribution in [1.29, 1.82) is 0 Å². The lowest BCUT2D eigenvalue weighted by Crippen LogP contribution is -2.22. The molecular weight excluding hydrogens is 200 g/mol. The fourth-order valence-electron chi connectivity index (χ4n) is 1.02. The maximum absolute atomic E-state index is 11.5. The molecule has 0 fully saturated rings. The highest BCUT2D eigenvalue weighted by Gasteiger charge is 2.07. The van der Waals surface area contributed by atoms with Crippen LogP contribution in [0.25, 0.3) is 5.78 Å². The van der Waals surface area contributed by atoms with Gasteiger partial charge in [-0.25, -0.2) is 0 Å². The highest BCUT2D eigenvalue weighted by atomic mass is 16.1. The number of hydrogen-bond acceptors (Lipinski definition) is 5. The van der Waals surface area contributed by atoms with E-state index in [1.165, 1.54) is 0 Å². The molecule has 0 saturated heterocycles. The van der Waals surface area contributed by atoms with Crippen LogP contribution in [0.3, 0.4) is 0 Å². The molecule has 0 aliphatic rings. The van der Waals surface area contributed by atoms with E-state index in [-0.39, 0.29) is 28.9 Å². The SMILES string of the molecule is Cc1nnc2nc(N=C(N)N)[nH]n2c1=O. The zero-order valence-corrected chi connectivity index (χ0v) is 7.80. The van der Waals surface area contributed by atoms with E-state index in [4.69, 9.17) is 11.5 Å². The third-order valence-electron chi connectivity index (χ3n) is 1.65.